The molecule has 0 aromatic rings. The van der Waals surface area contributed by atoms with E-state index >= 15 is 0 Å². The van der Waals surface area contributed by atoms with Gasteiger partial charge in [0.1, 0.15) is 0 Å². The number of unbranched alkanes of at least 4 members (excludes halogenated alkanes) is 6. The Kier molecular flexibility index (Phi) is 16.7. The molecule has 0 spiro atoms. The van der Waals surface area contributed by atoms with Gasteiger partial charge in [-0.2, -0.15) is 0 Å². The number of ether oxygens (including phenoxy) is 3. The lowest BCUT2D eigenvalue weighted by molar-refractivity contribution is -0.154. The number of aliphatic hydroxyl groups excluding tert-OH is 1. The maximum Gasteiger partial charge on any atom is 0.311 e. The molecule has 33 heavy (non-hydrogen) atoms. The van der Waals surface area contributed by atoms with E-state index in [4.69, 9.17) is 14.2 Å². The first kappa shape index (κ1) is 31.9. The zero-order valence-corrected chi connectivity index (χ0v) is 22.5. The van der Waals surface area contributed by atoms with Gasteiger partial charge >= 0.3 is 11.9 Å². The van der Waals surface area contributed by atoms with Crippen LogP contribution < -0.4 is 0 Å². The lowest BCUT2D eigenvalue weighted by Crippen LogP contribution is -2.28. The van der Waals surface area contributed by atoms with Crippen LogP contribution in [0.1, 0.15) is 119 Å². The normalized spacial score (nSPS) is 14.1. The molecular formula is C27H52O6. The summed E-state index contributed by atoms with van der Waals surface area (Å²) in [6, 6.07) is 0. The number of methoxy groups -OCH3 is 1. The molecule has 0 saturated carbocycles. The van der Waals surface area contributed by atoms with Crippen LogP contribution >= 0.6 is 0 Å². The average Bonchev–Trinajstić information content (AvgIpc) is 2.75. The largest absolute Gasteiger partial charge is 0.466 e. The van der Waals surface area contributed by atoms with E-state index in [1.807, 2.05) is 41.5 Å². The summed E-state index contributed by atoms with van der Waals surface area (Å²) in [6.45, 7) is 12.3. The highest BCUT2D eigenvalue weighted by molar-refractivity contribution is 5.76. The summed E-state index contributed by atoms with van der Waals surface area (Å²) in [5.74, 6) is -0.235. The molecule has 0 fully saturated rings. The Hall–Kier alpha value is -1.14. The van der Waals surface area contributed by atoms with Gasteiger partial charge in [0.2, 0.25) is 0 Å². The molecule has 0 bridgehead atoms. The third-order valence-corrected chi connectivity index (χ3v) is 6.48. The maximum atomic E-state index is 11.9. The summed E-state index contributed by atoms with van der Waals surface area (Å²) >= 11 is 0. The molecule has 2 atom stereocenters. The van der Waals surface area contributed by atoms with Crippen molar-refractivity contribution in [3.05, 3.63) is 0 Å². The highest BCUT2D eigenvalue weighted by atomic mass is 16.5. The summed E-state index contributed by atoms with van der Waals surface area (Å²) in [5.41, 5.74) is -0.846. The van der Waals surface area contributed by atoms with Gasteiger partial charge in [0.05, 0.1) is 36.3 Å². The topological polar surface area (TPSA) is 82.1 Å². The third-order valence-electron chi connectivity index (χ3n) is 6.48. The van der Waals surface area contributed by atoms with E-state index in [2.05, 4.69) is 0 Å². The first-order valence-electron chi connectivity index (χ1n) is 13.1. The maximum absolute atomic E-state index is 11.9. The average molecular weight is 473 g/mol. The first-order chi connectivity index (χ1) is 15.5. The minimum atomic E-state index is -0.436. The fraction of sp³-hybridized carbons (Fsp3) is 0.926. The van der Waals surface area contributed by atoms with E-state index < -0.39 is 16.9 Å². The van der Waals surface area contributed by atoms with Crippen molar-refractivity contribution in [2.45, 2.75) is 131 Å². The van der Waals surface area contributed by atoms with Crippen molar-refractivity contribution in [3.8, 4) is 0 Å². The summed E-state index contributed by atoms with van der Waals surface area (Å²) < 4.78 is 15.8. The van der Waals surface area contributed by atoms with E-state index in [0.717, 1.165) is 77.0 Å². The highest BCUT2D eigenvalue weighted by Crippen LogP contribution is 2.27. The molecule has 0 heterocycles. The number of aliphatic hydroxyl groups is 1. The minimum Gasteiger partial charge on any atom is -0.466 e. The standard InChI is InChI=1S/C27H52O6/c1-8-32-24(29)26(3,4)20-16-12-10-14-18-22(28)23(31-7)19-15-11-13-17-21-27(5,6)25(30)33-9-2/h22-23,28H,8-21H2,1-7H3/t22-,23+/m0/s1. The number of carbonyl (C=O) groups is 2. The summed E-state index contributed by atoms with van der Waals surface area (Å²) in [6.07, 6.45) is 10.9. The van der Waals surface area contributed by atoms with Crippen LogP contribution in [0.3, 0.4) is 0 Å². The van der Waals surface area contributed by atoms with Crippen molar-refractivity contribution < 1.29 is 28.9 Å². The number of rotatable bonds is 20. The Morgan fingerprint density at radius 2 is 1.09 bits per heavy atom. The molecule has 0 aromatic heterocycles. The zero-order chi connectivity index (χ0) is 25.3. The van der Waals surface area contributed by atoms with Gasteiger partial charge in [0.25, 0.3) is 0 Å². The lowest BCUT2D eigenvalue weighted by Gasteiger charge is -2.23. The minimum absolute atomic E-state index is 0.115. The fourth-order valence-electron chi connectivity index (χ4n) is 4.05. The predicted octanol–water partition coefficient (Wildman–Crippen LogP) is 6.22. The number of esters is 2. The third kappa shape index (κ3) is 14.0. The van der Waals surface area contributed by atoms with E-state index in [1.165, 1.54) is 0 Å². The van der Waals surface area contributed by atoms with Gasteiger partial charge < -0.3 is 19.3 Å². The first-order valence-corrected chi connectivity index (χ1v) is 13.1. The Labute approximate surface area is 203 Å². The molecular weight excluding hydrogens is 420 g/mol. The highest BCUT2D eigenvalue weighted by Gasteiger charge is 2.29. The van der Waals surface area contributed by atoms with E-state index in [1.54, 1.807) is 7.11 Å². The summed E-state index contributed by atoms with van der Waals surface area (Å²) in [4.78, 5) is 23.9. The monoisotopic (exact) mass is 472 g/mol. The van der Waals surface area contributed by atoms with Crippen LogP contribution in [-0.4, -0.2) is 49.6 Å². The Bertz CT molecular complexity index is 529. The quantitative estimate of drug-likeness (QED) is 0.167. The Morgan fingerprint density at radius 3 is 1.48 bits per heavy atom. The predicted molar refractivity (Wildman–Crippen MR) is 133 cm³/mol. The second-order valence-electron chi connectivity index (χ2n) is 10.5. The van der Waals surface area contributed by atoms with Crippen molar-refractivity contribution in [2.75, 3.05) is 20.3 Å². The molecule has 0 radical (unpaired) electrons. The van der Waals surface area contributed by atoms with Gasteiger partial charge in [-0.25, -0.2) is 0 Å². The smallest absolute Gasteiger partial charge is 0.311 e. The van der Waals surface area contributed by atoms with Gasteiger partial charge in [-0.15, -0.1) is 0 Å². The van der Waals surface area contributed by atoms with Crippen LogP contribution in [0.5, 0.6) is 0 Å². The molecule has 6 nitrogen and oxygen atoms in total. The van der Waals surface area contributed by atoms with Crippen molar-refractivity contribution in [1.29, 1.82) is 0 Å². The van der Waals surface area contributed by atoms with Crippen molar-refractivity contribution in [3.63, 3.8) is 0 Å². The van der Waals surface area contributed by atoms with Crippen LogP contribution in [0.2, 0.25) is 0 Å². The summed E-state index contributed by atoms with van der Waals surface area (Å²) in [7, 11) is 1.67. The molecule has 1 N–H and O–H groups in total. The number of carbonyl (C=O) groups excluding carboxylic acids is 2. The molecule has 0 aliphatic heterocycles. The van der Waals surface area contributed by atoms with Crippen LogP contribution in [0.15, 0.2) is 0 Å². The SMILES string of the molecule is CCOC(=O)C(C)(C)CCCCCC[C@H](O)[C@@H](CCCCCCC(C)(C)C(=O)OCC)OC. The van der Waals surface area contributed by atoms with Gasteiger partial charge in [-0.1, -0.05) is 51.4 Å². The van der Waals surface area contributed by atoms with Gasteiger partial charge in [0, 0.05) is 7.11 Å². The molecule has 0 aliphatic carbocycles. The van der Waals surface area contributed by atoms with Crippen LogP contribution in [-0.2, 0) is 23.8 Å². The van der Waals surface area contributed by atoms with E-state index in [-0.39, 0.29) is 18.0 Å². The molecule has 0 aliphatic rings. The van der Waals surface area contributed by atoms with Crippen molar-refractivity contribution in [2.24, 2.45) is 10.8 Å². The second-order valence-corrected chi connectivity index (χ2v) is 10.5. The number of hydrogen-bond acceptors (Lipinski definition) is 6. The molecule has 0 aromatic carbocycles. The van der Waals surface area contributed by atoms with Crippen LogP contribution in [0.4, 0.5) is 0 Å². The lowest BCUT2D eigenvalue weighted by atomic mass is 9.86. The van der Waals surface area contributed by atoms with Gasteiger partial charge in [-0.05, 0) is 67.2 Å². The van der Waals surface area contributed by atoms with E-state index in [0.29, 0.717) is 13.2 Å². The fourth-order valence-corrected chi connectivity index (χ4v) is 4.05. The number of hydrogen-bond donors (Lipinski definition) is 1. The summed E-state index contributed by atoms with van der Waals surface area (Å²) in [5, 5.41) is 10.5. The molecule has 0 rings (SSSR count). The van der Waals surface area contributed by atoms with Crippen molar-refractivity contribution in [1.82, 2.24) is 0 Å². The van der Waals surface area contributed by atoms with Crippen LogP contribution in [0.25, 0.3) is 0 Å². The van der Waals surface area contributed by atoms with Gasteiger partial charge in [0.15, 0.2) is 0 Å². The Morgan fingerprint density at radius 1 is 0.697 bits per heavy atom. The molecule has 0 amide bonds. The molecule has 0 saturated heterocycles. The Balaban J connectivity index is 3.96. The van der Waals surface area contributed by atoms with E-state index in [9.17, 15) is 14.7 Å². The van der Waals surface area contributed by atoms with Gasteiger partial charge in [-0.3, -0.25) is 9.59 Å². The molecule has 6 heteroatoms. The second kappa shape index (κ2) is 17.3. The van der Waals surface area contributed by atoms with Crippen LogP contribution in [0, 0.1) is 10.8 Å². The molecule has 0 unspecified atom stereocenters. The van der Waals surface area contributed by atoms with Crippen molar-refractivity contribution >= 4 is 11.9 Å². The molecule has 196 valence electrons. The zero-order valence-electron chi connectivity index (χ0n) is 22.5.